The lowest BCUT2D eigenvalue weighted by Gasteiger charge is -2.32. The molecule has 1 aromatic heterocycles. The number of benzene rings is 1. The summed E-state index contributed by atoms with van der Waals surface area (Å²) in [5.74, 6) is 1.49. The third-order valence-corrected chi connectivity index (χ3v) is 5.37. The number of halogens is 2. The van der Waals surface area contributed by atoms with Crippen molar-refractivity contribution in [2.24, 2.45) is 0 Å². The lowest BCUT2D eigenvalue weighted by atomic mass is 10.2. The Kier molecular flexibility index (Phi) is 7.75. The third-order valence-electron chi connectivity index (χ3n) is 4.64. The summed E-state index contributed by atoms with van der Waals surface area (Å²) in [6.07, 6.45) is -0.229. The standard InChI is InChI=1S/C21H26Cl2N4O3/c1-13(2)20-25-14(3)8-19(26-20)30-12-16-11-27(6-7-29-16)21(28)24-10-15-4-5-17(22)18(23)9-15/h4-5,8-9,13,16H,6-7,10-12H2,1-3H3,(H,24,28). The van der Waals surface area contributed by atoms with Gasteiger partial charge in [0.1, 0.15) is 18.5 Å². The Morgan fingerprint density at radius 1 is 1.30 bits per heavy atom. The van der Waals surface area contributed by atoms with E-state index in [4.69, 9.17) is 32.7 Å². The fourth-order valence-electron chi connectivity index (χ4n) is 3.02. The molecule has 2 amide bonds. The average Bonchev–Trinajstić information content (AvgIpc) is 2.72. The monoisotopic (exact) mass is 452 g/mol. The number of rotatable bonds is 6. The van der Waals surface area contributed by atoms with Crippen LogP contribution in [-0.4, -0.2) is 53.3 Å². The van der Waals surface area contributed by atoms with Crippen LogP contribution in [0.15, 0.2) is 24.3 Å². The van der Waals surface area contributed by atoms with Crippen molar-refractivity contribution < 1.29 is 14.3 Å². The first-order valence-corrected chi connectivity index (χ1v) is 10.6. The molecule has 1 atom stereocenters. The zero-order valence-corrected chi connectivity index (χ0v) is 18.8. The van der Waals surface area contributed by atoms with E-state index in [2.05, 4.69) is 15.3 Å². The van der Waals surface area contributed by atoms with E-state index in [0.29, 0.717) is 48.8 Å². The van der Waals surface area contributed by atoms with E-state index < -0.39 is 0 Å². The third kappa shape index (κ3) is 6.20. The van der Waals surface area contributed by atoms with E-state index in [0.717, 1.165) is 17.1 Å². The molecular weight excluding hydrogens is 427 g/mol. The number of aryl methyl sites for hydroxylation is 1. The molecule has 1 aromatic carbocycles. The minimum Gasteiger partial charge on any atom is -0.475 e. The van der Waals surface area contributed by atoms with Gasteiger partial charge in [0, 0.05) is 30.8 Å². The van der Waals surface area contributed by atoms with E-state index in [1.165, 1.54) is 0 Å². The van der Waals surface area contributed by atoms with Crippen molar-refractivity contribution in [2.75, 3.05) is 26.3 Å². The minimum absolute atomic E-state index is 0.158. The second-order valence-corrected chi connectivity index (χ2v) is 8.33. The number of amides is 2. The second kappa shape index (κ2) is 10.3. The topological polar surface area (TPSA) is 76.6 Å². The van der Waals surface area contributed by atoms with Crippen molar-refractivity contribution in [2.45, 2.75) is 39.3 Å². The molecule has 7 nitrogen and oxygen atoms in total. The number of aromatic nitrogens is 2. The van der Waals surface area contributed by atoms with Gasteiger partial charge >= 0.3 is 6.03 Å². The first kappa shape index (κ1) is 22.6. The number of nitrogens with zero attached hydrogens (tertiary/aromatic N) is 3. The molecule has 9 heteroatoms. The maximum absolute atomic E-state index is 12.5. The van der Waals surface area contributed by atoms with Crippen LogP contribution >= 0.6 is 23.2 Å². The summed E-state index contributed by atoms with van der Waals surface area (Å²) >= 11 is 12.0. The Morgan fingerprint density at radius 3 is 2.83 bits per heavy atom. The van der Waals surface area contributed by atoms with Gasteiger partial charge in [-0.3, -0.25) is 0 Å². The molecule has 3 rings (SSSR count). The van der Waals surface area contributed by atoms with E-state index >= 15 is 0 Å². The number of nitrogens with one attached hydrogen (secondary N) is 1. The van der Waals surface area contributed by atoms with Crippen LogP contribution < -0.4 is 10.1 Å². The van der Waals surface area contributed by atoms with Crippen LogP contribution in [0.5, 0.6) is 5.88 Å². The first-order valence-electron chi connectivity index (χ1n) is 9.88. The van der Waals surface area contributed by atoms with Gasteiger partial charge in [0.2, 0.25) is 5.88 Å². The quantitative estimate of drug-likeness (QED) is 0.710. The Morgan fingerprint density at radius 2 is 2.10 bits per heavy atom. The van der Waals surface area contributed by atoms with Gasteiger partial charge in [-0.1, -0.05) is 43.1 Å². The Hall–Kier alpha value is -2.09. The average molecular weight is 453 g/mol. The van der Waals surface area contributed by atoms with Crippen LogP contribution in [-0.2, 0) is 11.3 Å². The molecule has 162 valence electrons. The van der Waals surface area contributed by atoms with Crippen molar-refractivity contribution in [3.05, 3.63) is 51.4 Å². The number of carbonyl (C=O) groups is 1. The Bertz CT molecular complexity index is 895. The zero-order chi connectivity index (χ0) is 21.7. The lowest BCUT2D eigenvalue weighted by Crippen LogP contribution is -2.50. The van der Waals surface area contributed by atoms with Crippen LogP contribution in [0.3, 0.4) is 0 Å². The molecule has 1 unspecified atom stereocenters. The van der Waals surface area contributed by atoms with Gasteiger partial charge in [0.05, 0.1) is 23.2 Å². The number of hydrogen-bond acceptors (Lipinski definition) is 5. The molecule has 0 saturated carbocycles. The molecule has 0 bridgehead atoms. The number of ether oxygens (including phenoxy) is 2. The number of carbonyl (C=O) groups excluding carboxylic acids is 1. The normalized spacial score (nSPS) is 16.6. The summed E-state index contributed by atoms with van der Waals surface area (Å²) in [6, 6.07) is 6.94. The van der Waals surface area contributed by atoms with Crippen molar-refractivity contribution in [1.82, 2.24) is 20.2 Å². The van der Waals surface area contributed by atoms with Gasteiger partial charge in [0.15, 0.2) is 0 Å². The Balaban J connectivity index is 1.51. The SMILES string of the molecule is Cc1cc(OCC2CN(C(=O)NCc3ccc(Cl)c(Cl)c3)CCO2)nc(C(C)C)n1. The van der Waals surface area contributed by atoms with E-state index in [1.807, 2.05) is 26.8 Å². The zero-order valence-electron chi connectivity index (χ0n) is 17.3. The maximum atomic E-state index is 12.5. The Labute approximate surface area is 186 Å². The van der Waals surface area contributed by atoms with Gasteiger partial charge in [-0.25, -0.2) is 9.78 Å². The molecule has 2 heterocycles. The summed E-state index contributed by atoms with van der Waals surface area (Å²) in [5, 5.41) is 3.86. The fraction of sp³-hybridized carbons (Fsp3) is 0.476. The molecule has 2 aromatic rings. The van der Waals surface area contributed by atoms with Gasteiger partial charge in [0.25, 0.3) is 0 Å². The molecule has 1 saturated heterocycles. The highest BCUT2D eigenvalue weighted by Crippen LogP contribution is 2.22. The van der Waals surface area contributed by atoms with E-state index in [9.17, 15) is 4.79 Å². The number of hydrogen-bond donors (Lipinski definition) is 1. The van der Waals surface area contributed by atoms with E-state index in [-0.39, 0.29) is 18.1 Å². The van der Waals surface area contributed by atoms with Gasteiger partial charge in [-0.2, -0.15) is 4.98 Å². The first-order chi connectivity index (χ1) is 14.3. The molecular formula is C21H26Cl2N4O3. The smallest absolute Gasteiger partial charge is 0.317 e. The van der Waals surface area contributed by atoms with Gasteiger partial charge in [-0.15, -0.1) is 0 Å². The van der Waals surface area contributed by atoms with Gasteiger partial charge in [-0.05, 0) is 24.6 Å². The predicted octanol–water partition coefficient (Wildman–Crippen LogP) is 4.20. The van der Waals surface area contributed by atoms with Crippen LogP contribution in [0.25, 0.3) is 0 Å². The number of morpholine rings is 1. The summed E-state index contributed by atoms with van der Waals surface area (Å²) in [6.45, 7) is 8.08. The van der Waals surface area contributed by atoms with Crippen molar-refractivity contribution >= 4 is 29.2 Å². The maximum Gasteiger partial charge on any atom is 0.317 e. The summed E-state index contributed by atoms with van der Waals surface area (Å²) in [7, 11) is 0. The molecule has 1 N–H and O–H groups in total. The van der Waals surface area contributed by atoms with Crippen LogP contribution in [0.1, 0.15) is 36.8 Å². The summed E-state index contributed by atoms with van der Waals surface area (Å²) < 4.78 is 11.6. The van der Waals surface area contributed by atoms with E-state index in [1.54, 1.807) is 23.1 Å². The minimum atomic E-state index is -0.229. The molecule has 1 aliphatic rings. The molecule has 1 fully saturated rings. The highest BCUT2D eigenvalue weighted by Gasteiger charge is 2.25. The summed E-state index contributed by atoms with van der Waals surface area (Å²) in [5.41, 5.74) is 1.74. The summed E-state index contributed by atoms with van der Waals surface area (Å²) in [4.78, 5) is 23.1. The van der Waals surface area contributed by atoms with Gasteiger partial charge < -0.3 is 19.7 Å². The van der Waals surface area contributed by atoms with Crippen molar-refractivity contribution in [3.8, 4) is 5.88 Å². The molecule has 1 aliphatic heterocycles. The highest BCUT2D eigenvalue weighted by atomic mass is 35.5. The van der Waals surface area contributed by atoms with Crippen molar-refractivity contribution in [1.29, 1.82) is 0 Å². The fourth-order valence-corrected chi connectivity index (χ4v) is 3.34. The highest BCUT2D eigenvalue weighted by molar-refractivity contribution is 6.42. The molecule has 0 aliphatic carbocycles. The molecule has 30 heavy (non-hydrogen) atoms. The second-order valence-electron chi connectivity index (χ2n) is 7.52. The molecule has 0 spiro atoms. The van der Waals surface area contributed by atoms with Crippen LogP contribution in [0.2, 0.25) is 10.0 Å². The van der Waals surface area contributed by atoms with Crippen molar-refractivity contribution in [3.63, 3.8) is 0 Å². The number of urea groups is 1. The largest absolute Gasteiger partial charge is 0.475 e. The van der Waals surface area contributed by atoms with Crippen LogP contribution in [0.4, 0.5) is 4.79 Å². The lowest BCUT2D eigenvalue weighted by molar-refractivity contribution is -0.0359. The molecule has 0 radical (unpaired) electrons. The predicted molar refractivity (Wildman–Crippen MR) is 116 cm³/mol. The van der Waals surface area contributed by atoms with Crippen LogP contribution in [0, 0.1) is 6.92 Å².